The fourth-order valence-electron chi connectivity index (χ4n) is 2.76. The third-order valence-corrected chi connectivity index (χ3v) is 4.59. The van der Waals surface area contributed by atoms with Crippen molar-refractivity contribution >= 4 is 23.2 Å². The van der Waals surface area contributed by atoms with Gasteiger partial charge in [0.25, 0.3) is 0 Å². The molecule has 0 aliphatic rings. The number of nitrogens with zero attached hydrogens (tertiary/aromatic N) is 1. The molecule has 124 valence electrons. The lowest BCUT2D eigenvalue weighted by Gasteiger charge is -2.30. The van der Waals surface area contributed by atoms with E-state index in [1.165, 1.54) is 11.1 Å². The molecule has 0 spiro atoms. The van der Waals surface area contributed by atoms with E-state index in [9.17, 15) is 0 Å². The average molecular weight is 351 g/mol. The molecule has 0 aliphatic heterocycles. The summed E-state index contributed by atoms with van der Waals surface area (Å²) in [5, 5.41) is 5.12. The lowest BCUT2D eigenvalue weighted by Crippen LogP contribution is -2.35. The van der Waals surface area contributed by atoms with Crippen LogP contribution in [0.2, 0.25) is 10.0 Å². The molecule has 23 heavy (non-hydrogen) atoms. The Labute approximate surface area is 149 Å². The zero-order valence-electron chi connectivity index (χ0n) is 13.7. The highest BCUT2D eigenvalue weighted by molar-refractivity contribution is 6.30. The maximum Gasteiger partial charge on any atom is 0.0472 e. The summed E-state index contributed by atoms with van der Waals surface area (Å²) in [4.78, 5) is 2.46. The van der Waals surface area contributed by atoms with Gasteiger partial charge in [-0.15, -0.1) is 0 Å². The number of rotatable bonds is 8. The van der Waals surface area contributed by atoms with E-state index in [2.05, 4.69) is 48.3 Å². The molecule has 0 radical (unpaired) electrons. The lowest BCUT2D eigenvalue weighted by molar-refractivity contribution is 0.213. The van der Waals surface area contributed by atoms with Crippen molar-refractivity contribution in [3.8, 4) is 0 Å². The maximum atomic E-state index is 6.02. The van der Waals surface area contributed by atoms with E-state index in [1.54, 1.807) is 0 Å². The number of halogens is 2. The Kier molecular flexibility index (Phi) is 7.38. The molecule has 0 aromatic heterocycles. The van der Waals surface area contributed by atoms with Gasteiger partial charge in [0.2, 0.25) is 0 Å². The van der Waals surface area contributed by atoms with Crippen molar-refractivity contribution in [2.45, 2.75) is 26.4 Å². The van der Waals surface area contributed by atoms with Crippen molar-refractivity contribution in [1.29, 1.82) is 0 Å². The van der Waals surface area contributed by atoms with Gasteiger partial charge in [0.05, 0.1) is 0 Å². The zero-order chi connectivity index (χ0) is 16.7. The van der Waals surface area contributed by atoms with E-state index in [4.69, 9.17) is 23.2 Å². The average Bonchev–Trinajstić information content (AvgIpc) is 2.57. The van der Waals surface area contributed by atoms with Gasteiger partial charge in [0.15, 0.2) is 0 Å². The number of benzene rings is 2. The van der Waals surface area contributed by atoms with Gasteiger partial charge in [0, 0.05) is 29.2 Å². The van der Waals surface area contributed by atoms with E-state index in [-0.39, 0.29) is 0 Å². The van der Waals surface area contributed by atoms with Gasteiger partial charge >= 0.3 is 0 Å². The molecule has 0 heterocycles. The molecule has 0 fully saturated rings. The van der Waals surface area contributed by atoms with Gasteiger partial charge < -0.3 is 5.32 Å². The first kappa shape index (κ1) is 18.3. The fourth-order valence-corrected chi connectivity index (χ4v) is 3.01. The molecular formula is C19H24Cl2N2. The molecule has 0 saturated heterocycles. The molecule has 1 N–H and O–H groups in total. The summed E-state index contributed by atoms with van der Waals surface area (Å²) in [5.74, 6) is 0. The highest BCUT2D eigenvalue weighted by Crippen LogP contribution is 2.22. The summed E-state index contributed by atoms with van der Waals surface area (Å²) < 4.78 is 0. The van der Waals surface area contributed by atoms with E-state index < -0.39 is 0 Å². The molecule has 2 aromatic rings. The molecule has 0 aliphatic carbocycles. The van der Waals surface area contributed by atoms with Gasteiger partial charge in [-0.05, 0) is 48.5 Å². The van der Waals surface area contributed by atoms with Crippen LogP contribution in [-0.4, -0.2) is 24.5 Å². The molecule has 2 nitrogen and oxygen atoms in total. The Balaban J connectivity index is 2.02. The van der Waals surface area contributed by atoms with Crippen molar-refractivity contribution < 1.29 is 0 Å². The topological polar surface area (TPSA) is 15.3 Å². The van der Waals surface area contributed by atoms with Gasteiger partial charge in [-0.1, -0.05) is 61.3 Å². The largest absolute Gasteiger partial charge is 0.311 e. The molecule has 2 aromatic carbocycles. The molecule has 0 bridgehead atoms. The smallest absolute Gasteiger partial charge is 0.0472 e. The van der Waals surface area contributed by atoms with E-state index >= 15 is 0 Å². The molecule has 4 heteroatoms. The van der Waals surface area contributed by atoms with Crippen LogP contribution in [0.25, 0.3) is 0 Å². The first-order valence-corrected chi connectivity index (χ1v) is 8.84. The molecule has 2 rings (SSSR count). The Morgan fingerprint density at radius 2 is 1.39 bits per heavy atom. The second kappa shape index (κ2) is 9.29. The molecule has 1 atom stereocenters. The predicted molar refractivity (Wildman–Crippen MR) is 100 cm³/mol. The van der Waals surface area contributed by atoms with Gasteiger partial charge in [-0.2, -0.15) is 0 Å². The van der Waals surface area contributed by atoms with Crippen LogP contribution < -0.4 is 5.32 Å². The summed E-state index contributed by atoms with van der Waals surface area (Å²) in [7, 11) is 0. The molecule has 0 saturated carbocycles. The second-order valence-electron chi connectivity index (χ2n) is 5.55. The first-order chi connectivity index (χ1) is 11.1. The van der Waals surface area contributed by atoms with Crippen molar-refractivity contribution in [3.05, 3.63) is 69.7 Å². The highest BCUT2D eigenvalue weighted by atomic mass is 35.5. The van der Waals surface area contributed by atoms with Crippen molar-refractivity contribution in [3.63, 3.8) is 0 Å². The monoisotopic (exact) mass is 350 g/mol. The molecular weight excluding hydrogens is 327 g/mol. The molecule has 1 unspecified atom stereocenters. The summed E-state index contributed by atoms with van der Waals surface area (Å²) in [6, 6.07) is 16.5. The summed E-state index contributed by atoms with van der Waals surface area (Å²) in [5.41, 5.74) is 2.53. The van der Waals surface area contributed by atoms with Gasteiger partial charge in [0.1, 0.15) is 0 Å². The number of likely N-dealkylation sites (N-methyl/N-ethyl adjacent to an activating group) is 1. The predicted octanol–water partition coefficient (Wildman–Crippen LogP) is 5.17. The van der Waals surface area contributed by atoms with Gasteiger partial charge in [-0.3, -0.25) is 4.90 Å². The van der Waals surface area contributed by atoms with Crippen LogP contribution in [0.5, 0.6) is 0 Å². The van der Waals surface area contributed by atoms with Crippen LogP contribution in [0.1, 0.15) is 31.0 Å². The van der Waals surface area contributed by atoms with Crippen molar-refractivity contribution in [1.82, 2.24) is 10.2 Å². The summed E-state index contributed by atoms with van der Waals surface area (Å²) >= 11 is 12.0. The number of hydrogen-bond donors (Lipinski definition) is 1. The minimum atomic E-state index is 0.342. The normalized spacial score (nSPS) is 12.6. The van der Waals surface area contributed by atoms with Crippen LogP contribution in [0.4, 0.5) is 0 Å². The Morgan fingerprint density at radius 1 is 0.870 bits per heavy atom. The van der Waals surface area contributed by atoms with Crippen LogP contribution in [0.15, 0.2) is 48.5 Å². The molecule has 0 amide bonds. The Bertz CT molecular complexity index is 577. The Hall–Kier alpha value is -1.06. The van der Waals surface area contributed by atoms with E-state index in [1.807, 2.05) is 24.3 Å². The minimum absolute atomic E-state index is 0.342. The lowest BCUT2D eigenvalue weighted by atomic mass is 10.0. The minimum Gasteiger partial charge on any atom is -0.311 e. The van der Waals surface area contributed by atoms with Crippen molar-refractivity contribution in [2.24, 2.45) is 0 Å². The van der Waals surface area contributed by atoms with Crippen LogP contribution in [0.3, 0.4) is 0 Å². The fraction of sp³-hybridized carbons (Fsp3) is 0.368. The highest BCUT2D eigenvalue weighted by Gasteiger charge is 2.17. The van der Waals surface area contributed by atoms with E-state index in [0.717, 1.165) is 36.2 Å². The third kappa shape index (κ3) is 5.50. The zero-order valence-corrected chi connectivity index (χ0v) is 15.2. The van der Waals surface area contributed by atoms with Crippen molar-refractivity contribution in [2.75, 3.05) is 19.6 Å². The SMILES string of the molecule is CCN(CC)C(CNCc1ccc(Cl)cc1)c1ccc(Cl)cc1. The Morgan fingerprint density at radius 3 is 1.91 bits per heavy atom. The second-order valence-corrected chi connectivity index (χ2v) is 6.42. The number of hydrogen-bond acceptors (Lipinski definition) is 2. The van der Waals surface area contributed by atoms with E-state index in [0.29, 0.717) is 6.04 Å². The van der Waals surface area contributed by atoms with Crippen LogP contribution >= 0.6 is 23.2 Å². The van der Waals surface area contributed by atoms with Crippen LogP contribution in [0, 0.1) is 0 Å². The quantitative estimate of drug-likeness (QED) is 0.706. The first-order valence-electron chi connectivity index (χ1n) is 8.08. The van der Waals surface area contributed by atoms with Crippen LogP contribution in [-0.2, 0) is 6.54 Å². The van der Waals surface area contributed by atoms with Gasteiger partial charge in [-0.25, -0.2) is 0 Å². The number of nitrogens with one attached hydrogen (secondary N) is 1. The third-order valence-electron chi connectivity index (χ3n) is 4.09. The summed E-state index contributed by atoms with van der Waals surface area (Å²) in [6.45, 7) is 8.17. The standard InChI is InChI=1S/C19H24Cl2N2/c1-3-23(4-2)19(16-7-11-18(21)12-8-16)14-22-13-15-5-9-17(20)10-6-15/h5-12,19,22H,3-4,13-14H2,1-2H3. The summed E-state index contributed by atoms with van der Waals surface area (Å²) in [6.07, 6.45) is 0. The maximum absolute atomic E-state index is 6.02.